The van der Waals surface area contributed by atoms with Crippen LogP contribution >= 0.6 is 11.6 Å². The lowest BCUT2D eigenvalue weighted by Crippen LogP contribution is -2.18. The molecule has 3 rings (SSSR count). The molecule has 0 amide bonds. The van der Waals surface area contributed by atoms with E-state index in [1.165, 1.54) is 0 Å². The summed E-state index contributed by atoms with van der Waals surface area (Å²) >= 11 is 6.32. The van der Waals surface area contributed by atoms with Crippen molar-refractivity contribution in [2.24, 2.45) is 0 Å². The van der Waals surface area contributed by atoms with Crippen LogP contribution in [0.4, 0.5) is 0 Å². The van der Waals surface area contributed by atoms with E-state index < -0.39 is 0 Å². The summed E-state index contributed by atoms with van der Waals surface area (Å²) < 4.78 is 1.57. The first-order valence-electron chi connectivity index (χ1n) is 6.24. The highest BCUT2D eigenvalue weighted by Crippen LogP contribution is 2.24. The Bertz CT molecular complexity index is 850. The second kappa shape index (κ2) is 4.99. The molecule has 0 bridgehead atoms. The average molecular weight is 282 g/mol. The highest BCUT2D eigenvalue weighted by molar-refractivity contribution is 6.35. The van der Waals surface area contributed by atoms with Crippen LogP contribution in [0.2, 0.25) is 5.02 Å². The van der Waals surface area contributed by atoms with E-state index in [9.17, 15) is 4.79 Å². The van der Waals surface area contributed by atoms with Crippen molar-refractivity contribution in [1.29, 1.82) is 0 Å². The molecule has 0 atom stereocenters. The molecule has 3 aromatic rings. The van der Waals surface area contributed by atoms with Crippen molar-refractivity contribution in [3.8, 4) is 5.69 Å². The molecule has 0 radical (unpaired) electrons. The van der Waals surface area contributed by atoms with Gasteiger partial charge in [-0.3, -0.25) is 9.36 Å². The van der Waals surface area contributed by atoms with Gasteiger partial charge in [0.1, 0.15) is 0 Å². The highest BCUT2D eigenvalue weighted by Gasteiger charge is 2.10. The Morgan fingerprint density at radius 1 is 1.05 bits per heavy atom. The molecule has 0 aliphatic rings. The number of rotatable bonds is 2. The summed E-state index contributed by atoms with van der Waals surface area (Å²) in [6.07, 6.45) is 3.34. The number of hydrogen-bond donors (Lipinski definition) is 0. The topological polar surface area (TPSA) is 22.0 Å². The minimum Gasteiger partial charge on any atom is -0.282 e. The number of fused-ring (bicyclic) bond motifs is 1. The Hall–Kier alpha value is -2.32. The summed E-state index contributed by atoms with van der Waals surface area (Å²) in [5.74, 6) is 0. The van der Waals surface area contributed by atoms with E-state index in [0.29, 0.717) is 10.4 Å². The van der Waals surface area contributed by atoms with E-state index >= 15 is 0 Å². The minimum atomic E-state index is -0.0916. The van der Waals surface area contributed by atoms with Gasteiger partial charge in [0.25, 0.3) is 5.56 Å². The maximum Gasteiger partial charge on any atom is 0.263 e. The molecule has 0 fully saturated rings. The van der Waals surface area contributed by atoms with Crippen molar-refractivity contribution in [1.82, 2.24) is 4.57 Å². The van der Waals surface area contributed by atoms with Gasteiger partial charge >= 0.3 is 0 Å². The van der Waals surface area contributed by atoms with Gasteiger partial charge in [0.15, 0.2) is 0 Å². The van der Waals surface area contributed by atoms with Crippen LogP contribution in [0.3, 0.4) is 0 Å². The Kier molecular flexibility index (Phi) is 3.17. The van der Waals surface area contributed by atoms with Gasteiger partial charge in [0.05, 0.1) is 10.4 Å². The van der Waals surface area contributed by atoms with Crippen molar-refractivity contribution in [2.75, 3.05) is 0 Å². The van der Waals surface area contributed by atoms with Crippen molar-refractivity contribution in [2.45, 2.75) is 0 Å². The van der Waals surface area contributed by atoms with Crippen LogP contribution in [-0.4, -0.2) is 4.57 Å². The van der Waals surface area contributed by atoms with Crippen LogP contribution in [0.15, 0.2) is 66.1 Å². The van der Waals surface area contributed by atoms with Gasteiger partial charge in [0.2, 0.25) is 0 Å². The number of para-hydroxylation sites is 1. The predicted molar refractivity (Wildman–Crippen MR) is 84.6 cm³/mol. The summed E-state index contributed by atoms with van der Waals surface area (Å²) in [5.41, 5.74) is 1.49. The molecule has 0 saturated heterocycles. The smallest absolute Gasteiger partial charge is 0.263 e. The Labute approximate surface area is 121 Å². The number of nitrogens with zero attached hydrogens (tertiary/aromatic N) is 1. The maximum absolute atomic E-state index is 12.7. The number of pyridine rings is 1. The molecular weight excluding hydrogens is 270 g/mol. The van der Waals surface area contributed by atoms with E-state index in [2.05, 4.69) is 6.58 Å². The fraction of sp³-hybridized carbons (Fsp3) is 0. The molecule has 0 N–H and O–H groups in total. The molecule has 0 unspecified atom stereocenters. The molecule has 2 nitrogen and oxygen atoms in total. The first-order valence-corrected chi connectivity index (χ1v) is 6.62. The summed E-state index contributed by atoms with van der Waals surface area (Å²) in [6, 6.07) is 15.0. The number of aromatic nitrogens is 1. The summed E-state index contributed by atoms with van der Waals surface area (Å²) in [5, 5.41) is 1.90. The van der Waals surface area contributed by atoms with E-state index in [0.717, 1.165) is 16.6 Å². The van der Waals surface area contributed by atoms with Gasteiger partial charge in [-0.1, -0.05) is 60.7 Å². The number of halogens is 1. The van der Waals surface area contributed by atoms with E-state index in [4.69, 9.17) is 11.6 Å². The average Bonchev–Trinajstić information content (AvgIpc) is 2.51. The third-order valence-electron chi connectivity index (χ3n) is 3.28. The van der Waals surface area contributed by atoms with Crippen molar-refractivity contribution >= 4 is 28.4 Å². The lowest BCUT2D eigenvalue weighted by atomic mass is 10.1. The molecule has 3 heteroatoms. The monoisotopic (exact) mass is 281 g/mol. The van der Waals surface area contributed by atoms with E-state index in [1.54, 1.807) is 16.8 Å². The minimum absolute atomic E-state index is 0.0916. The molecule has 0 aliphatic heterocycles. The first kappa shape index (κ1) is 12.7. The van der Waals surface area contributed by atoms with Gasteiger partial charge in [-0.2, -0.15) is 0 Å². The maximum atomic E-state index is 12.7. The standard InChI is InChI=1S/C17H12ClNO/c1-2-12-7-6-10-14-15(18)11-19(17(20)16(12)14)13-8-4-3-5-9-13/h2-11H,1H2. The van der Waals surface area contributed by atoms with Gasteiger partial charge in [-0.05, 0) is 17.7 Å². The zero-order chi connectivity index (χ0) is 14.1. The largest absolute Gasteiger partial charge is 0.282 e. The molecular formula is C17H12ClNO. The molecule has 20 heavy (non-hydrogen) atoms. The second-order valence-electron chi connectivity index (χ2n) is 4.46. The second-order valence-corrected chi connectivity index (χ2v) is 4.87. The van der Waals surface area contributed by atoms with Crippen LogP contribution in [-0.2, 0) is 0 Å². The fourth-order valence-corrected chi connectivity index (χ4v) is 2.58. The molecule has 2 aromatic carbocycles. The van der Waals surface area contributed by atoms with Gasteiger partial charge in [-0.15, -0.1) is 0 Å². The Morgan fingerprint density at radius 2 is 1.80 bits per heavy atom. The predicted octanol–water partition coefficient (Wildman–Crippen LogP) is 4.29. The zero-order valence-electron chi connectivity index (χ0n) is 10.7. The normalized spacial score (nSPS) is 10.7. The van der Waals surface area contributed by atoms with E-state index in [1.807, 2.05) is 48.5 Å². The Balaban J connectivity index is 2.46. The zero-order valence-corrected chi connectivity index (χ0v) is 11.5. The molecule has 98 valence electrons. The summed E-state index contributed by atoms with van der Waals surface area (Å²) in [4.78, 5) is 12.7. The van der Waals surface area contributed by atoms with Gasteiger partial charge in [0, 0.05) is 17.3 Å². The molecule has 1 aromatic heterocycles. The van der Waals surface area contributed by atoms with Gasteiger partial charge < -0.3 is 0 Å². The molecule has 0 spiro atoms. The van der Waals surface area contributed by atoms with Crippen LogP contribution in [0.5, 0.6) is 0 Å². The SMILES string of the molecule is C=Cc1cccc2c(Cl)cn(-c3ccccc3)c(=O)c12. The third kappa shape index (κ3) is 1.95. The van der Waals surface area contributed by atoms with Crippen LogP contribution in [0, 0.1) is 0 Å². The lowest BCUT2D eigenvalue weighted by Gasteiger charge is -2.10. The highest BCUT2D eigenvalue weighted by atomic mass is 35.5. The summed E-state index contributed by atoms with van der Waals surface area (Å²) in [6.45, 7) is 3.76. The van der Waals surface area contributed by atoms with Gasteiger partial charge in [-0.25, -0.2) is 0 Å². The number of benzene rings is 2. The first-order chi connectivity index (χ1) is 9.72. The molecule has 0 aliphatic carbocycles. The van der Waals surface area contributed by atoms with Crippen molar-refractivity contribution in [3.63, 3.8) is 0 Å². The Morgan fingerprint density at radius 3 is 2.50 bits per heavy atom. The molecule has 1 heterocycles. The van der Waals surface area contributed by atoms with E-state index in [-0.39, 0.29) is 5.56 Å². The van der Waals surface area contributed by atoms with Crippen molar-refractivity contribution in [3.05, 3.63) is 82.2 Å². The number of hydrogen-bond acceptors (Lipinski definition) is 1. The van der Waals surface area contributed by atoms with Crippen LogP contribution in [0.25, 0.3) is 22.5 Å². The van der Waals surface area contributed by atoms with Crippen molar-refractivity contribution < 1.29 is 0 Å². The molecule has 0 saturated carbocycles. The lowest BCUT2D eigenvalue weighted by molar-refractivity contribution is 1.01. The fourth-order valence-electron chi connectivity index (χ4n) is 2.32. The quantitative estimate of drug-likeness (QED) is 0.687. The van der Waals surface area contributed by atoms with Crippen LogP contribution < -0.4 is 5.56 Å². The summed E-state index contributed by atoms with van der Waals surface area (Å²) in [7, 11) is 0. The third-order valence-corrected chi connectivity index (χ3v) is 3.58. The van der Waals surface area contributed by atoms with Crippen LogP contribution in [0.1, 0.15) is 5.56 Å².